The highest BCUT2D eigenvalue weighted by Crippen LogP contribution is 2.33. The molecule has 3 aromatic carbocycles. The molecule has 1 saturated heterocycles. The van der Waals surface area contributed by atoms with Gasteiger partial charge >= 0.3 is 0 Å². The van der Waals surface area contributed by atoms with Gasteiger partial charge in [-0.3, -0.25) is 4.79 Å². The number of carbonyl (C=O) groups excluding carboxylic acids is 1. The Kier molecular flexibility index (Phi) is 5.19. The van der Waals surface area contributed by atoms with Gasteiger partial charge in [-0.05, 0) is 73.5 Å². The number of carbonyl (C=O) groups is 1. The molecule has 0 N–H and O–H groups in total. The molecule has 160 valence electrons. The zero-order valence-electron chi connectivity index (χ0n) is 18.0. The van der Waals surface area contributed by atoms with Crippen molar-refractivity contribution >= 4 is 11.6 Å². The van der Waals surface area contributed by atoms with Crippen LogP contribution in [0, 0.1) is 13.8 Å². The van der Waals surface area contributed by atoms with Gasteiger partial charge in [-0.25, -0.2) is 0 Å². The van der Waals surface area contributed by atoms with Crippen molar-refractivity contribution in [1.82, 2.24) is 10.1 Å². The molecule has 1 aromatic heterocycles. The Morgan fingerprint density at radius 1 is 0.938 bits per heavy atom. The molecule has 6 nitrogen and oxygen atoms in total. The topological polar surface area (TPSA) is 68.5 Å². The normalized spacial score (nSPS) is 15.9. The predicted molar refractivity (Wildman–Crippen MR) is 122 cm³/mol. The van der Waals surface area contributed by atoms with Gasteiger partial charge < -0.3 is 14.2 Å². The lowest BCUT2D eigenvalue weighted by Gasteiger charge is -2.17. The Labute approximate surface area is 186 Å². The summed E-state index contributed by atoms with van der Waals surface area (Å²) >= 11 is 0. The summed E-state index contributed by atoms with van der Waals surface area (Å²) in [6.45, 7) is 4.65. The average Bonchev–Trinajstić information content (AvgIpc) is 3.44. The fourth-order valence-corrected chi connectivity index (χ4v) is 3.83. The van der Waals surface area contributed by atoms with E-state index in [4.69, 9.17) is 9.26 Å². The minimum absolute atomic E-state index is 0.0698. The van der Waals surface area contributed by atoms with Crippen molar-refractivity contribution in [2.75, 3.05) is 11.4 Å². The molecule has 0 aliphatic carbocycles. The summed E-state index contributed by atoms with van der Waals surface area (Å²) in [6, 6.07) is 23.2. The van der Waals surface area contributed by atoms with Crippen LogP contribution >= 0.6 is 0 Å². The van der Waals surface area contributed by atoms with Gasteiger partial charge in [-0.15, -0.1) is 0 Å². The molecule has 2 heterocycles. The molecular formula is C26H23N3O3. The highest BCUT2D eigenvalue weighted by Gasteiger charge is 2.35. The third-order valence-corrected chi connectivity index (χ3v) is 5.81. The Morgan fingerprint density at radius 2 is 1.69 bits per heavy atom. The van der Waals surface area contributed by atoms with Crippen molar-refractivity contribution in [3.05, 3.63) is 89.8 Å². The zero-order chi connectivity index (χ0) is 22.1. The van der Waals surface area contributed by atoms with Crippen LogP contribution in [0.15, 0.2) is 77.3 Å². The lowest BCUT2D eigenvalue weighted by Crippen LogP contribution is -2.24. The van der Waals surface area contributed by atoms with E-state index in [1.165, 1.54) is 11.1 Å². The molecule has 1 aliphatic rings. The first-order valence-corrected chi connectivity index (χ1v) is 10.6. The van der Waals surface area contributed by atoms with Crippen molar-refractivity contribution in [3.63, 3.8) is 0 Å². The summed E-state index contributed by atoms with van der Waals surface area (Å²) in [5.41, 5.74) is 4.11. The van der Waals surface area contributed by atoms with Crippen LogP contribution in [-0.2, 0) is 4.79 Å². The number of amides is 1. The molecule has 0 radical (unpaired) electrons. The molecule has 0 saturated carbocycles. The van der Waals surface area contributed by atoms with Gasteiger partial charge in [0.05, 0.1) is 5.92 Å². The Morgan fingerprint density at radius 3 is 2.44 bits per heavy atom. The standard InChI is InChI=1S/C26H23N3O3/c1-17-8-11-21(14-18(17)2)29-16-20(15-24(29)30)26-27-25(28-32-26)19-9-12-23(13-10-19)31-22-6-4-3-5-7-22/h3-14,20H,15-16H2,1-2H3/t20-/m0/s1. The molecule has 6 heteroatoms. The molecule has 0 spiro atoms. The van der Waals surface area contributed by atoms with E-state index in [0.29, 0.717) is 24.7 Å². The quantitative estimate of drug-likeness (QED) is 0.412. The van der Waals surface area contributed by atoms with Crippen LogP contribution < -0.4 is 9.64 Å². The second-order valence-electron chi connectivity index (χ2n) is 8.07. The molecule has 4 aromatic rings. The SMILES string of the molecule is Cc1ccc(N2C[C@@H](c3nc(-c4ccc(Oc5ccccc5)cc4)no3)CC2=O)cc1C. The minimum Gasteiger partial charge on any atom is -0.457 e. The van der Waals surface area contributed by atoms with Crippen molar-refractivity contribution in [3.8, 4) is 22.9 Å². The fourth-order valence-electron chi connectivity index (χ4n) is 3.83. The minimum atomic E-state index is -0.119. The van der Waals surface area contributed by atoms with E-state index >= 15 is 0 Å². The first kappa shape index (κ1) is 20.0. The number of aryl methyl sites for hydroxylation is 2. The number of nitrogens with zero attached hydrogens (tertiary/aromatic N) is 3. The zero-order valence-corrected chi connectivity index (χ0v) is 18.0. The number of anilines is 1. The molecule has 32 heavy (non-hydrogen) atoms. The number of para-hydroxylation sites is 1. The number of benzene rings is 3. The number of aromatic nitrogens is 2. The van der Waals surface area contributed by atoms with E-state index in [0.717, 1.165) is 22.7 Å². The van der Waals surface area contributed by atoms with Crippen molar-refractivity contribution in [2.45, 2.75) is 26.2 Å². The molecular weight excluding hydrogens is 402 g/mol. The fraction of sp³-hybridized carbons (Fsp3) is 0.192. The van der Waals surface area contributed by atoms with Crippen LogP contribution in [0.3, 0.4) is 0 Å². The van der Waals surface area contributed by atoms with Gasteiger partial charge in [-0.2, -0.15) is 4.98 Å². The summed E-state index contributed by atoms with van der Waals surface area (Å²) in [5.74, 6) is 2.45. The summed E-state index contributed by atoms with van der Waals surface area (Å²) in [4.78, 5) is 19.0. The highest BCUT2D eigenvalue weighted by atomic mass is 16.5. The molecule has 1 fully saturated rings. The van der Waals surface area contributed by atoms with Crippen molar-refractivity contribution in [1.29, 1.82) is 0 Å². The van der Waals surface area contributed by atoms with Crippen LogP contribution in [0.1, 0.15) is 29.4 Å². The van der Waals surface area contributed by atoms with E-state index < -0.39 is 0 Å². The number of rotatable bonds is 5. The first-order chi connectivity index (χ1) is 15.6. The second kappa shape index (κ2) is 8.30. The van der Waals surface area contributed by atoms with Gasteiger partial charge in [0, 0.05) is 24.2 Å². The molecule has 5 rings (SSSR count). The predicted octanol–water partition coefficient (Wildman–Crippen LogP) is 5.67. The van der Waals surface area contributed by atoms with E-state index in [1.807, 2.05) is 72.8 Å². The van der Waals surface area contributed by atoms with Crippen LogP contribution in [-0.4, -0.2) is 22.6 Å². The van der Waals surface area contributed by atoms with Gasteiger partial charge in [0.1, 0.15) is 11.5 Å². The molecule has 1 amide bonds. The Hall–Kier alpha value is -3.93. The third kappa shape index (κ3) is 3.99. The maximum Gasteiger partial charge on any atom is 0.232 e. The van der Waals surface area contributed by atoms with Crippen molar-refractivity contribution in [2.24, 2.45) is 0 Å². The Bertz CT molecular complexity index is 1250. The monoisotopic (exact) mass is 425 g/mol. The van der Waals surface area contributed by atoms with E-state index in [2.05, 4.69) is 24.0 Å². The Balaban J connectivity index is 1.29. The lowest BCUT2D eigenvalue weighted by atomic mass is 10.1. The molecule has 0 unspecified atom stereocenters. The van der Waals surface area contributed by atoms with Crippen LogP contribution in [0.25, 0.3) is 11.4 Å². The van der Waals surface area contributed by atoms with Crippen LogP contribution in [0.4, 0.5) is 5.69 Å². The third-order valence-electron chi connectivity index (χ3n) is 5.81. The summed E-state index contributed by atoms with van der Waals surface area (Å²) in [6.07, 6.45) is 0.360. The maximum atomic E-state index is 12.6. The summed E-state index contributed by atoms with van der Waals surface area (Å²) in [5, 5.41) is 4.14. The van der Waals surface area contributed by atoms with E-state index in [9.17, 15) is 4.79 Å². The summed E-state index contributed by atoms with van der Waals surface area (Å²) < 4.78 is 11.4. The second-order valence-corrected chi connectivity index (χ2v) is 8.07. The van der Waals surface area contributed by atoms with Crippen molar-refractivity contribution < 1.29 is 14.1 Å². The van der Waals surface area contributed by atoms with Crippen LogP contribution in [0.2, 0.25) is 0 Å². The van der Waals surface area contributed by atoms with E-state index in [-0.39, 0.29) is 11.8 Å². The number of hydrogen-bond donors (Lipinski definition) is 0. The lowest BCUT2D eigenvalue weighted by molar-refractivity contribution is -0.117. The molecule has 0 bridgehead atoms. The van der Waals surface area contributed by atoms with Crippen LogP contribution in [0.5, 0.6) is 11.5 Å². The van der Waals surface area contributed by atoms with Gasteiger partial charge in [0.15, 0.2) is 0 Å². The number of ether oxygens (including phenoxy) is 1. The first-order valence-electron chi connectivity index (χ1n) is 10.6. The smallest absolute Gasteiger partial charge is 0.232 e. The number of hydrogen-bond acceptors (Lipinski definition) is 5. The van der Waals surface area contributed by atoms with E-state index in [1.54, 1.807) is 4.90 Å². The van der Waals surface area contributed by atoms with Gasteiger partial charge in [-0.1, -0.05) is 29.4 Å². The maximum absolute atomic E-state index is 12.6. The largest absolute Gasteiger partial charge is 0.457 e. The highest BCUT2D eigenvalue weighted by molar-refractivity contribution is 5.96. The van der Waals surface area contributed by atoms with Gasteiger partial charge in [0.2, 0.25) is 17.6 Å². The summed E-state index contributed by atoms with van der Waals surface area (Å²) in [7, 11) is 0. The average molecular weight is 425 g/mol. The van der Waals surface area contributed by atoms with Gasteiger partial charge in [0.25, 0.3) is 0 Å². The molecule has 1 atom stereocenters. The molecule has 1 aliphatic heterocycles.